The van der Waals surface area contributed by atoms with Gasteiger partial charge in [0, 0.05) is 23.6 Å². The van der Waals surface area contributed by atoms with Crippen LogP contribution >= 0.6 is 0 Å². The summed E-state index contributed by atoms with van der Waals surface area (Å²) in [6.45, 7) is 10.3. The van der Waals surface area contributed by atoms with Gasteiger partial charge in [0.1, 0.15) is 0 Å². The molecule has 2 N–H and O–H groups in total. The quantitative estimate of drug-likeness (QED) is 0.336. The standard InChI is InChI=1S/C31H36F3N5O/c1-19(2)39-16-14-21(15-17-39)20-8-11-23(12-9-20)36-29-35-18-24(31(32,33)34)25(38-29)13-10-22-6-5-7-26-27(22)30(3,4)28(40)37-26/h5-9,11-12,18-19,21H,10,13-17H2,1-4H3,(H,37,40)(H,35,36,38). The maximum atomic E-state index is 13.9. The molecule has 40 heavy (non-hydrogen) atoms. The Balaban J connectivity index is 1.32. The molecule has 3 aromatic rings. The summed E-state index contributed by atoms with van der Waals surface area (Å²) in [6, 6.07) is 14.1. The molecule has 0 spiro atoms. The highest BCUT2D eigenvalue weighted by Crippen LogP contribution is 2.40. The number of anilines is 3. The molecule has 0 atom stereocenters. The maximum absolute atomic E-state index is 13.9. The van der Waals surface area contributed by atoms with Crippen molar-refractivity contribution in [2.75, 3.05) is 23.7 Å². The van der Waals surface area contributed by atoms with E-state index in [9.17, 15) is 18.0 Å². The zero-order valence-electron chi connectivity index (χ0n) is 23.4. The first kappa shape index (κ1) is 28.1. The Morgan fingerprint density at radius 1 is 1.07 bits per heavy atom. The van der Waals surface area contributed by atoms with Gasteiger partial charge in [0.15, 0.2) is 0 Å². The molecule has 1 saturated heterocycles. The number of aryl methyl sites for hydroxylation is 2. The third kappa shape index (κ3) is 5.70. The molecule has 0 radical (unpaired) electrons. The number of carbonyl (C=O) groups excluding carboxylic acids is 1. The van der Waals surface area contributed by atoms with Crippen LogP contribution in [0.4, 0.5) is 30.5 Å². The van der Waals surface area contributed by atoms with E-state index in [2.05, 4.69) is 51.5 Å². The average Bonchev–Trinajstić information content (AvgIpc) is 3.15. The van der Waals surface area contributed by atoms with Gasteiger partial charge in [-0.2, -0.15) is 13.2 Å². The van der Waals surface area contributed by atoms with Crippen molar-refractivity contribution in [3.63, 3.8) is 0 Å². The highest BCUT2D eigenvalue weighted by Gasteiger charge is 2.40. The van der Waals surface area contributed by atoms with Crippen LogP contribution < -0.4 is 10.6 Å². The molecule has 0 unspecified atom stereocenters. The number of hydrogen-bond acceptors (Lipinski definition) is 5. The van der Waals surface area contributed by atoms with Gasteiger partial charge in [-0.25, -0.2) is 9.97 Å². The Kier molecular flexibility index (Phi) is 7.61. The zero-order chi connectivity index (χ0) is 28.7. The fourth-order valence-corrected chi connectivity index (χ4v) is 5.92. The Morgan fingerprint density at radius 2 is 1.77 bits per heavy atom. The van der Waals surface area contributed by atoms with Crippen LogP contribution in [0.1, 0.15) is 74.4 Å². The molecular formula is C31H36F3N5O. The lowest BCUT2D eigenvalue weighted by Gasteiger charge is -2.34. The Bertz CT molecular complexity index is 1380. The molecule has 212 valence electrons. The monoisotopic (exact) mass is 551 g/mol. The highest BCUT2D eigenvalue weighted by molar-refractivity contribution is 6.06. The summed E-state index contributed by atoms with van der Waals surface area (Å²) in [5, 5.41) is 5.95. The number of likely N-dealkylation sites (tertiary alicyclic amines) is 1. The number of aromatic nitrogens is 2. The average molecular weight is 552 g/mol. The van der Waals surface area contributed by atoms with Crippen molar-refractivity contribution in [1.82, 2.24) is 14.9 Å². The first-order chi connectivity index (χ1) is 18.9. The largest absolute Gasteiger partial charge is 0.419 e. The van der Waals surface area contributed by atoms with E-state index in [4.69, 9.17) is 0 Å². The number of hydrogen-bond donors (Lipinski definition) is 2. The predicted molar refractivity (Wildman–Crippen MR) is 151 cm³/mol. The normalized spacial score (nSPS) is 17.6. The van der Waals surface area contributed by atoms with E-state index in [1.807, 2.05) is 44.2 Å². The number of amides is 1. The van der Waals surface area contributed by atoms with Crippen molar-refractivity contribution in [1.29, 1.82) is 0 Å². The van der Waals surface area contributed by atoms with E-state index >= 15 is 0 Å². The molecule has 0 bridgehead atoms. The minimum absolute atomic E-state index is 0.0563. The number of benzene rings is 2. The number of fused-ring (bicyclic) bond motifs is 1. The summed E-state index contributed by atoms with van der Waals surface area (Å²) in [5.74, 6) is 0.510. The first-order valence-corrected chi connectivity index (χ1v) is 13.9. The smallest absolute Gasteiger partial charge is 0.325 e. The number of carbonyl (C=O) groups is 1. The minimum Gasteiger partial charge on any atom is -0.325 e. The molecular weight excluding hydrogens is 515 g/mol. The van der Waals surface area contributed by atoms with Crippen molar-refractivity contribution in [2.24, 2.45) is 0 Å². The lowest BCUT2D eigenvalue weighted by atomic mass is 9.82. The maximum Gasteiger partial charge on any atom is 0.419 e. The second-order valence-corrected chi connectivity index (χ2v) is 11.6. The van der Waals surface area contributed by atoms with Crippen LogP contribution in [0.3, 0.4) is 0 Å². The summed E-state index contributed by atoms with van der Waals surface area (Å²) in [5.41, 5.74) is 2.69. The van der Waals surface area contributed by atoms with E-state index in [-0.39, 0.29) is 24.0 Å². The molecule has 2 aromatic carbocycles. The Hall–Kier alpha value is -3.46. The summed E-state index contributed by atoms with van der Waals surface area (Å²) in [6.07, 6.45) is -1.13. The van der Waals surface area contributed by atoms with E-state index < -0.39 is 17.2 Å². The highest BCUT2D eigenvalue weighted by atomic mass is 19.4. The number of rotatable bonds is 7. The number of nitrogens with one attached hydrogen (secondary N) is 2. The topological polar surface area (TPSA) is 70.2 Å². The van der Waals surface area contributed by atoms with Gasteiger partial charge in [0.05, 0.1) is 16.7 Å². The van der Waals surface area contributed by atoms with Gasteiger partial charge < -0.3 is 15.5 Å². The summed E-state index contributed by atoms with van der Waals surface area (Å²) >= 11 is 0. The number of alkyl halides is 3. The molecule has 1 fully saturated rings. The molecule has 9 heteroatoms. The fourth-order valence-electron chi connectivity index (χ4n) is 5.92. The Labute approximate surface area is 233 Å². The number of nitrogens with zero attached hydrogens (tertiary/aromatic N) is 3. The van der Waals surface area contributed by atoms with E-state index in [0.717, 1.165) is 48.9 Å². The SMILES string of the molecule is CC(C)N1CCC(c2ccc(Nc3ncc(C(F)(F)F)c(CCc4cccc5c4C(C)(C)C(=O)N5)n3)cc2)CC1. The Morgan fingerprint density at radius 3 is 2.42 bits per heavy atom. The summed E-state index contributed by atoms with van der Waals surface area (Å²) < 4.78 is 41.6. The van der Waals surface area contributed by atoms with E-state index in [0.29, 0.717) is 24.1 Å². The number of halogens is 3. The third-order valence-electron chi connectivity index (χ3n) is 8.29. The van der Waals surface area contributed by atoms with Gasteiger partial charge >= 0.3 is 6.18 Å². The molecule has 5 rings (SSSR count). The molecule has 1 aromatic heterocycles. The van der Waals surface area contributed by atoms with Crippen molar-refractivity contribution >= 4 is 23.2 Å². The van der Waals surface area contributed by atoms with E-state index in [1.54, 1.807) is 0 Å². The van der Waals surface area contributed by atoms with Gasteiger partial charge in [0.2, 0.25) is 11.9 Å². The second-order valence-electron chi connectivity index (χ2n) is 11.6. The molecule has 6 nitrogen and oxygen atoms in total. The van der Waals surface area contributed by atoms with Crippen LogP contribution in [-0.4, -0.2) is 39.9 Å². The molecule has 0 saturated carbocycles. The molecule has 2 aliphatic heterocycles. The summed E-state index contributed by atoms with van der Waals surface area (Å²) in [4.78, 5) is 23.2. The number of piperidine rings is 1. The third-order valence-corrected chi connectivity index (χ3v) is 8.29. The van der Waals surface area contributed by atoms with Crippen molar-refractivity contribution < 1.29 is 18.0 Å². The summed E-state index contributed by atoms with van der Waals surface area (Å²) in [7, 11) is 0. The molecule has 3 heterocycles. The first-order valence-electron chi connectivity index (χ1n) is 13.9. The van der Waals surface area contributed by atoms with Crippen LogP contribution in [0, 0.1) is 0 Å². The van der Waals surface area contributed by atoms with E-state index in [1.165, 1.54) is 5.56 Å². The fraction of sp³-hybridized carbons (Fsp3) is 0.452. The van der Waals surface area contributed by atoms with Crippen LogP contribution in [0.5, 0.6) is 0 Å². The minimum atomic E-state index is -4.57. The van der Waals surface area contributed by atoms with Crippen LogP contribution in [0.2, 0.25) is 0 Å². The molecule has 2 aliphatic rings. The predicted octanol–water partition coefficient (Wildman–Crippen LogP) is 6.84. The van der Waals surface area contributed by atoms with Crippen LogP contribution in [-0.2, 0) is 29.2 Å². The van der Waals surface area contributed by atoms with Crippen molar-refractivity contribution in [2.45, 2.75) is 76.9 Å². The van der Waals surface area contributed by atoms with Crippen LogP contribution in [0.25, 0.3) is 0 Å². The van der Waals surface area contributed by atoms with Gasteiger partial charge in [-0.15, -0.1) is 0 Å². The lowest BCUT2D eigenvalue weighted by molar-refractivity contribution is -0.138. The van der Waals surface area contributed by atoms with Gasteiger partial charge in [-0.05, 0) is 107 Å². The van der Waals surface area contributed by atoms with Gasteiger partial charge in [0.25, 0.3) is 0 Å². The second kappa shape index (κ2) is 10.8. The van der Waals surface area contributed by atoms with Gasteiger partial charge in [-0.3, -0.25) is 4.79 Å². The van der Waals surface area contributed by atoms with Gasteiger partial charge in [-0.1, -0.05) is 24.3 Å². The lowest BCUT2D eigenvalue weighted by Crippen LogP contribution is -2.37. The molecule has 1 amide bonds. The molecule has 0 aliphatic carbocycles. The van der Waals surface area contributed by atoms with Crippen molar-refractivity contribution in [3.05, 3.63) is 76.6 Å². The van der Waals surface area contributed by atoms with Crippen LogP contribution in [0.15, 0.2) is 48.7 Å². The van der Waals surface area contributed by atoms with Crippen molar-refractivity contribution in [3.8, 4) is 0 Å². The zero-order valence-corrected chi connectivity index (χ0v) is 23.4.